The molecule has 0 aromatic rings. The summed E-state index contributed by atoms with van der Waals surface area (Å²) in [5.41, 5.74) is -0.991. The van der Waals surface area contributed by atoms with Crippen LogP contribution in [0.3, 0.4) is 0 Å². The molecule has 0 aromatic carbocycles. The van der Waals surface area contributed by atoms with Crippen LogP contribution in [0.25, 0.3) is 0 Å². The molecule has 0 bridgehead atoms. The Morgan fingerprint density at radius 1 is 0.938 bits per heavy atom. The Morgan fingerprint density at radius 2 is 1.25 bits per heavy atom. The van der Waals surface area contributed by atoms with Crippen LogP contribution in [0.5, 0.6) is 0 Å². The van der Waals surface area contributed by atoms with Crippen LogP contribution in [0.15, 0.2) is 12.3 Å². The predicted molar refractivity (Wildman–Crippen MR) is 45.6 cm³/mol. The third kappa shape index (κ3) is 4.32. The fourth-order valence-electron chi connectivity index (χ4n) is 0.638. The Bertz CT molecular complexity index is 243. The molecule has 0 heterocycles. The topological polar surface area (TPSA) is 9.23 Å². The van der Waals surface area contributed by atoms with Gasteiger partial charge in [-0.2, -0.15) is 26.3 Å². The number of ether oxygens (including phenoxy) is 1. The lowest BCUT2D eigenvalue weighted by Gasteiger charge is -2.29. The van der Waals surface area contributed by atoms with Crippen molar-refractivity contribution in [2.45, 2.75) is 39.2 Å². The zero-order valence-corrected chi connectivity index (χ0v) is 8.96. The number of halogens is 6. The minimum atomic E-state index is -5.51. The van der Waals surface area contributed by atoms with E-state index in [-0.39, 0.29) is 0 Å². The molecular formula is C9H12F6O. The number of allylic oxidation sites excluding steroid dienone is 1. The normalized spacial score (nSPS) is 14.1. The van der Waals surface area contributed by atoms with Gasteiger partial charge in [0.1, 0.15) is 0 Å². The van der Waals surface area contributed by atoms with Crippen molar-refractivity contribution in [1.82, 2.24) is 0 Å². The molecule has 1 nitrogen and oxygen atoms in total. The second-order valence-electron chi connectivity index (χ2n) is 4.25. The van der Waals surface area contributed by atoms with Gasteiger partial charge in [-0.15, -0.1) is 0 Å². The van der Waals surface area contributed by atoms with Gasteiger partial charge in [0.25, 0.3) is 6.10 Å². The standard InChI is InChI=1S/C9H12F6O/c1-5(7(2,3)4)16-6(8(10,11)12)9(13,14)15/h6H,1H2,2-4H3. The zero-order chi connectivity index (χ0) is 13.4. The van der Waals surface area contributed by atoms with E-state index in [1.807, 2.05) is 0 Å². The number of alkyl halides is 6. The summed E-state index contributed by atoms with van der Waals surface area (Å²) in [7, 11) is 0. The maximum atomic E-state index is 12.1. The monoisotopic (exact) mass is 250 g/mol. The first-order valence-corrected chi connectivity index (χ1v) is 4.25. The summed E-state index contributed by atoms with van der Waals surface area (Å²) in [6, 6.07) is 0. The van der Waals surface area contributed by atoms with E-state index in [2.05, 4.69) is 11.3 Å². The molecule has 0 saturated carbocycles. The molecule has 0 spiro atoms. The van der Waals surface area contributed by atoms with Crippen molar-refractivity contribution in [3.05, 3.63) is 12.3 Å². The van der Waals surface area contributed by atoms with Gasteiger partial charge in [-0.1, -0.05) is 27.4 Å². The molecule has 0 aliphatic rings. The van der Waals surface area contributed by atoms with Crippen LogP contribution in [0, 0.1) is 5.41 Å². The molecular weight excluding hydrogens is 238 g/mol. The van der Waals surface area contributed by atoms with Gasteiger partial charge in [0.2, 0.25) is 0 Å². The van der Waals surface area contributed by atoms with Crippen molar-refractivity contribution in [3.8, 4) is 0 Å². The highest BCUT2D eigenvalue weighted by molar-refractivity contribution is 4.98. The lowest BCUT2D eigenvalue weighted by Crippen LogP contribution is -2.44. The minimum absolute atomic E-state index is 0.563. The molecule has 0 fully saturated rings. The van der Waals surface area contributed by atoms with E-state index in [0.717, 1.165) is 0 Å². The molecule has 0 aliphatic heterocycles. The first-order chi connectivity index (χ1) is 6.76. The van der Waals surface area contributed by atoms with Gasteiger partial charge < -0.3 is 4.74 Å². The molecule has 0 radical (unpaired) electrons. The smallest absolute Gasteiger partial charge is 0.434 e. The molecule has 0 unspecified atom stereocenters. The van der Waals surface area contributed by atoms with Crippen molar-refractivity contribution >= 4 is 0 Å². The highest BCUT2D eigenvalue weighted by Crippen LogP contribution is 2.39. The molecule has 0 aromatic heterocycles. The Balaban J connectivity index is 4.93. The van der Waals surface area contributed by atoms with Crippen molar-refractivity contribution < 1.29 is 31.1 Å². The molecule has 0 N–H and O–H groups in total. The van der Waals surface area contributed by atoms with Gasteiger partial charge in [0.05, 0.1) is 5.76 Å². The van der Waals surface area contributed by atoms with E-state index < -0.39 is 29.6 Å². The number of hydrogen-bond donors (Lipinski definition) is 0. The molecule has 0 rings (SSSR count). The van der Waals surface area contributed by atoms with Gasteiger partial charge in [-0.3, -0.25) is 0 Å². The number of hydrogen-bond acceptors (Lipinski definition) is 1. The Kier molecular flexibility index (Phi) is 3.95. The van der Waals surface area contributed by atoms with Crippen molar-refractivity contribution in [2.75, 3.05) is 0 Å². The zero-order valence-electron chi connectivity index (χ0n) is 8.96. The molecule has 7 heteroatoms. The van der Waals surface area contributed by atoms with E-state index in [1.165, 1.54) is 20.8 Å². The Labute approximate surface area is 89.1 Å². The van der Waals surface area contributed by atoms with E-state index in [0.29, 0.717) is 0 Å². The lowest BCUT2D eigenvalue weighted by molar-refractivity contribution is -0.315. The maximum absolute atomic E-state index is 12.1. The summed E-state index contributed by atoms with van der Waals surface area (Å²) in [6.45, 7) is 7.28. The average Bonchev–Trinajstić information content (AvgIpc) is 1.92. The van der Waals surface area contributed by atoms with Gasteiger partial charge in [0, 0.05) is 5.41 Å². The molecule has 0 saturated heterocycles. The molecule has 0 aliphatic carbocycles. The Morgan fingerprint density at radius 3 is 1.44 bits per heavy atom. The summed E-state index contributed by atoms with van der Waals surface area (Å²) in [6.07, 6.45) is -14.8. The van der Waals surface area contributed by atoms with Crippen LogP contribution in [0.1, 0.15) is 20.8 Å². The molecule has 0 amide bonds. The van der Waals surface area contributed by atoms with Crippen LogP contribution >= 0.6 is 0 Å². The summed E-state index contributed by atoms with van der Waals surface area (Å²) in [4.78, 5) is 0. The van der Waals surface area contributed by atoms with E-state index >= 15 is 0 Å². The van der Waals surface area contributed by atoms with Gasteiger partial charge in [-0.25, -0.2) is 0 Å². The minimum Gasteiger partial charge on any atom is -0.476 e. The third-order valence-electron chi connectivity index (χ3n) is 1.69. The fourth-order valence-corrected chi connectivity index (χ4v) is 0.638. The number of rotatable bonds is 2. The lowest BCUT2D eigenvalue weighted by atomic mass is 9.95. The van der Waals surface area contributed by atoms with Crippen LogP contribution in [-0.2, 0) is 4.74 Å². The van der Waals surface area contributed by atoms with Crippen molar-refractivity contribution in [3.63, 3.8) is 0 Å². The first kappa shape index (κ1) is 15.1. The molecule has 0 atom stereocenters. The van der Waals surface area contributed by atoms with Crippen LogP contribution < -0.4 is 0 Å². The quantitative estimate of drug-likeness (QED) is 0.530. The van der Waals surface area contributed by atoms with Crippen molar-refractivity contribution in [2.24, 2.45) is 5.41 Å². The second kappa shape index (κ2) is 4.18. The Hall–Kier alpha value is -0.880. The largest absolute Gasteiger partial charge is 0.476 e. The van der Waals surface area contributed by atoms with E-state index in [1.54, 1.807) is 0 Å². The highest BCUT2D eigenvalue weighted by atomic mass is 19.4. The third-order valence-corrected chi connectivity index (χ3v) is 1.69. The second-order valence-corrected chi connectivity index (χ2v) is 4.25. The maximum Gasteiger partial charge on any atom is 0.434 e. The fraction of sp³-hybridized carbons (Fsp3) is 0.778. The SMILES string of the molecule is C=C(OC(C(F)(F)F)C(F)(F)F)C(C)(C)C. The van der Waals surface area contributed by atoms with Gasteiger partial charge in [-0.05, 0) is 0 Å². The van der Waals surface area contributed by atoms with Gasteiger partial charge in [0.15, 0.2) is 0 Å². The van der Waals surface area contributed by atoms with Crippen molar-refractivity contribution in [1.29, 1.82) is 0 Å². The molecule has 96 valence electrons. The van der Waals surface area contributed by atoms with E-state index in [4.69, 9.17) is 0 Å². The van der Waals surface area contributed by atoms with Crippen LogP contribution in [-0.4, -0.2) is 18.5 Å². The summed E-state index contributed by atoms with van der Waals surface area (Å²) >= 11 is 0. The van der Waals surface area contributed by atoms with Gasteiger partial charge >= 0.3 is 12.4 Å². The average molecular weight is 250 g/mol. The summed E-state index contributed by atoms with van der Waals surface area (Å²) in [5, 5.41) is 0. The van der Waals surface area contributed by atoms with E-state index in [9.17, 15) is 26.3 Å². The summed E-state index contributed by atoms with van der Waals surface area (Å²) in [5.74, 6) is -0.563. The van der Waals surface area contributed by atoms with Crippen LogP contribution in [0.4, 0.5) is 26.3 Å². The molecule has 16 heavy (non-hydrogen) atoms. The predicted octanol–water partition coefficient (Wildman–Crippen LogP) is 4.06. The first-order valence-electron chi connectivity index (χ1n) is 4.25. The summed E-state index contributed by atoms with van der Waals surface area (Å²) < 4.78 is 76.4. The highest BCUT2D eigenvalue weighted by Gasteiger charge is 2.59. The van der Waals surface area contributed by atoms with Crippen LogP contribution in [0.2, 0.25) is 0 Å².